The van der Waals surface area contributed by atoms with E-state index in [9.17, 15) is 24.9 Å². The number of ether oxygens (including phenoxy) is 1. The maximum absolute atomic E-state index is 12.5. The van der Waals surface area contributed by atoms with Crippen LogP contribution in [0.2, 0.25) is 0 Å². The van der Waals surface area contributed by atoms with Gasteiger partial charge in [-0.2, -0.15) is 0 Å². The Kier molecular flexibility index (Phi) is 4.31. The molecule has 1 aliphatic heterocycles. The molecule has 0 aromatic heterocycles. The predicted octanol–water partition coefficient (Wildman–Crippen LogP) is 1.98. The van der Waals surface area contributed by atoms with Gasteiger partial charge in [0.25, 0.3) is 0 Å². The molecule has 0 bridgehead atoms. The minimum Gasteiger partial charge on any atom is -0.465 e. The number of cyclic esters (lactones) is 1. The van der Waals surface area contributed by atoms with E-state index in [0.29, 0.717) is 45.1 Å². The van der Waals surface area contributed by atoms with Crippen molar-refractivity contribution < 1.29 is 29.6 Å². The molecule has 1 heterocycles. The lowest BCUT2D eigenvalue weighted by atomic mass is 9.41. The van der Waals surface area contributed by atoms with Gasteiger partial charge in [0, 0.05) is 12.3 Å². The van der Waals surface area contributed by atoms with Crippen molar-refractivity contribution in [1.82, 2.24) is 0 Å². The van der Waals surface area contributed by atoms with Gasteiger partial charge in [0.15, 0.2) is 0 Å². The highest BCUT2D eigenvalue weighted by molar-refractivity contribution is 5.71. The minimum absolute atomic E-state index is 0.0232. The van der Waals surface area contributed by atoms with Crippen molar-refractivity contribution in [2.75, 3.05) is 6.61 Å². The van der Waals surface area contributed by atoms with E-state index >= 15 is 0 Å². The average molecular weight is 407 g/mol. The molecule has 1 saturated heterocycles. The molecule has 6 nitrogen and oxygen atoms in total. The number of hydrogen-bond acceptors (Lipinski definition) is 6. The van der Waals surface area contributed by atoms with Gasteiger partial charge in [0.05, 0.1) is 35.7 Å². The molecular formula is C23H34O6. The van der Waals surface area contributed by atoms with Crippen LogP contribution in [0.5, 0.6) is 0 Å². The summed E-state index contributed by atoms with van der Waals surface area (Å²) < 4.78 is 5.25. The summed E-state index contributed by atoms with van der Waals surface area (Å²) in [7, 11) is 0. The highest BCUT2D eigenvalue weighted by Gasteiger charge is 2.71. The van der Waals surface area contributed by atoms with Gasteiger partial charge in [-0.05, 0) is 74.5 Å². The van der Waals surface area contributed by atoms with Gasteiger partial charge in [0.2, 0.25) is 0 Å². The molecule has 0 radical (unpaired) electrons. The van der Waals surface area contributed by atoms with Crippen molar-refractivity contribution in [2.24, 2.45) is 34.5 Å². The number of carbonyl (C=O) groups is 2. The summed E-state index contributed by atoms with van der Waals surface area (Å²) in [6, 6.07) is 0. The van der Waals surface area contributed by atoms with Crippen LogP contribution < -0.4 is 0 Å². The molecule has 9 atom stereocenters. The number of carbonyl (C=O) groups excluding carboxylic acids is 2. The Labute approximate surface area is 172 Å². The summed E-state index contributed by atoms with van der Waals surface area (Å²) in [5.74, 6) is 0.213. The standard InChI is InChI=1S/C23H34O6/c1-20-6-3-17-18(4-8-22(27)11-15(25)2-7-21(17,22)13-24)23(20,28)9-5-16(20)14-10-19(26)29-12-14/h13-18,25,27-28H,2-12H2,1H3/t14?,15-,16+,17-,18+,20+,21-,22-,23-/m0/s1. The largest absolute Gasteiger partial charge is 0.465 e. The molecule has 5 rings (SSSR count). The Hall–Kier alpha value is -0.980. The predicted molar refractivity (Wildman–Crippen MR) is 104 cm³/mol. The van der Waals surface area contributed by atoms with Crippen molar-refractivity contribution in [3.63, 3.8) is 0 Å². The topological polar surface area (TPSA) is 104 Å². The zero-order chi connectivity index (χ0) is 20.7. The van der Waals surface area contributed by atoms with Crippen LogP contribution in [0.15, 0.2) is 0 Å². The monoisotopic (exact) mass is 406 g/mol. The first kappa shape index (κ1) is 20.0. The first-order chi connectivity index (χ1) is 13.7. The number of hydrogen-bond donors (Lipinski definition) is 3. The van der Waals surface area contributed by atoms with Crippen molar-refractivity contribution in [3.8, 4) is 0 Å². The molecule has 0 aromatic rings. The minimum atomic E-state index is -1.17. The highest BCUT2D eigenvalue weighted by atomic mass is 16.5. The lowest BCUT2D eigenvalue weighted by Gasteiger charge is -2.65. The van der Waals surface area contributed by atoms with E-state index in [4.69, 9.17) is 4.74 Å². The number of aliphatic hydroxyl groups excluding tert-OH is 1. The van der Waals surface area contributed by atoms with Crippen molar-refractivity contribution >= 4 is 12.3 Å². The molecular weight excluding hydrogens is 372 g/mol. The second-order valence-corrected chi connectivity index (χ2v) is 11.0. The van der Waals surface area contributed by atoms with Gasteiger partial charge >= 0.3 is 5.97 Å². The maximum Gasteiger partial charge on any atom is 0.306 e. The average Bonchev–Trinajstić information content (AvgIpc) is 3.21. The van der Waals surface area contributed by atoms with Gasteiger partial charge < -0.3 is 24.9 Å². The Bertz CT molecular complexity index is 724. The lowest BCUT2D eigenvalue weighted by Crippen LogP contribution is -2.68. The van der Waals surface area contributed by atoms with Crippen LogP contribution in [0.3, 0.4) is 0 Å². The van der Waals surface area contributed by atoms with Crippen LogP contribution in [-0.2, 0) is 14.3 Å². The normalized spacial score (nSPS) is 56.8. The second-order valence-electron chi connectivity index (χ2n) is 11.0. The van der Waals surface area contributed by atoms with E-state index in [-0.39, 0.29) is 41.5 Å². The van der Waals surface area contributed by atoms with Gasteiger partial charge in [0.1, 0.15) is 6.29 Å². The van der Waals surface area contributed by atoms with Gasteiger partial charge in [-0.25, -0.2) is 0 Å². The third kappa shape index (κ3) is 2.40. The van der Waals surface area contributed by atoms with E-state index in [0.717, 1.165) is 25.5 Å². The molecule has 5 fully saturated rings. The maximum atomic E-state index is 12.5. The first-order valence-electron chi connectivity index (χ1n) is 11.4. The molecule has 0 spiro atoms. The fraction of sp³-hybridized carbons (Fsp3) is 0.913. The molecule has 1 unspecified atom stereocenters. The fourth-order valence-corrected chi connectivity index (χ4v) is 8.74. The van der Waals surface area contributed by atoms with Crippen LogP contribution in [0, 0.1) is 34.5 Å². The lowest BCUT2D eigenvalue weighted by molar-refractivity contribution is -0.250. The zero-order valence-electron chi connectivity index (χ0n) is 17.3. The summed E-state index contributed by atoms with van der Waals surface area (Å²) >= 11 is 0. The first-order valence-corrected chi connectivity index (χ1v) is 11.4. The number of aliphatic hydroxyl groups is 3. The summed E-state index contributed by atoms with van der Waals surface area (Å²) in [5, 5.41) is 33.8. The molecule has 0 amide bonds. The van der Waals surface area contributed by atoms with Crippen molar-refractivity contribution in [3.05, 3.63) is 0 Å². The summed E-state index contributed by atoms with van der Waals surface area (Å²) in [5.41, 5.74) is -3.20. The van der Waals surface area contributed by atoms with E-state index in [2.05, 4.69) is 6.92 Å². The molecule has 6 heteroatoms. The van der Waals surface area contributed by atoms with E-state index < -0.39 is 22.7 Å². The van der Waals surface area contributed by atoms with E-state index in [1.54, 1.807) is 0 Å². The Morgan fingerprint density at radius 3 is 2.41 bits per heavy atom. The molecule has 162 valence electrons. The molecule has 4 aliphatic carbocycles. The van der Waals surface area contributed by atoms with Crippen LogP contribution in [-0.4, -0.2) is 51.5 Å². The SMILES string of the molecule is C[C@]12CC[C@H]3[C@@H](CC[C@]4(O)C[C@@H](O)CC[C@]34C=O)[C@@]1(O)CC[C@@H]2C1COC(=O)C1. The summed E-state index contributed by atoms with van der Waals surface area (Å²) in [4.78, 5) is 24.2. The van der Waals surface area contributed by atoms with Crippen LogP contribution in [0.4, 0.5) is 0 Å². The number of fused-ring (bicyclic) bond motifs is 5. The Morgan fingerprint density at radius 2 is 1.72 bits per heavy atom. The van der Waals surface area contributed by atoms with Crippen molar-refractivity contribution in [2.45, 2.75) is 88.4 Å². The van der Waals surface area contributed by atoms with Crippen LogP contribution >= 0.6 is 0 Å². The molecule has 3 N–H and O–H groups in total. The third-order valence-electron chi connectivity index (χ3n) is 10.2. The highest BCUT2D eigenvalue weighted by Crippen LogP contribution is 2.70. The van der Waals surface area contributed by atoms with E-state index in [1.165, 1.54) is 0 Å². The van der Waals surface area contributed by atoms with E-state index in [1.807, 2.05) is 0 Å². The van der Waals surface area contributed by atoms with Crippen LogP contribution in [0.25, 0.3) is 0 Å². The van der Waals surface area contributed by atoms with Crippen molar-refractivity contribution in [1.29, 1.82) is 0 Å². The quantitative estimate of drug-likeness (QED) is 0.479. The fourth-order valence-electron chi connectivity index (χ4n) is 8.74. The van der Waals surface area contributed by atoms with Gasteiger partial charge in [-0.15, -0.1) is 0 Å². The van der Waals surface area contributed by atoms with Gasteiger partial charge in [-0.3, -0.25) is 4.79 Å². The second kappa shape index (κ2) is 6.27. The molecule has 5 aliphatic rings. The smallest absolute Gasteiger partial charge is 0.306 e. The molecule has 0 aromatic carbocycles. The zero-order valence-corrected chi connectivity index (χ0v) is 17.3. The summed E-state index contributed by atoms with van der Waals surface area (Å²) in [6.45, 7) is 2.64. The Balaban J connectivity index is 1.49. The third-order valence-corrected chi connectivity index (χ3v) is 10.2. The number of esters is 1. The van der Waals surface area contributed by atoms with Crippen LogP contribution in [0.1, 0.15) is 71.1 Å². The number of rotatable bonds is 2. The number of aldehydes is 1. The molecule has 29 heavy (non-hydrogen) atoms. The Morgan fingerprint density at radius 1 is 1.00 bits per heavy atom. The van der Waals surface area contributed by atoms with Gasteiger partial charge in [-0.1, -0.05) is 6.92 Å². The summed E-state index contributed by atoms with van der Waals surface area (Å²) in [6.07, 6.45) is 6.46. The molecule has 4 saturated carbocycles.